The van der Waals surface area contributed by atoms with E-state index in [1.165, 1.54) is 6.42 Å². The molecule has 3 N–H and O–H groups in total. The van der Waals surface area contributed by atoms with E-state index in [2.05, 4.69) is 30.7 Å². The van der Waals surface area contributed by atoms with Gasteiger partial charge < -0.3 is 20.5 Å². The first-order valence-electron chi connectivity index (χ1n) is 10.4. The molecular formula is C21H30N6O2. The van der Waals surface area contributed by atoms with E-state index < -0.39 is 12.1 Å². The van der Waals surface area contributed by atoms with Crippen molar-refractivity contribution in [3.63, 3.8) is 0 Å². The summed E-state index contributed by atoms with van der Waals surface area (Å²) in [6.45, 7) is 5.22. The molecule has 0 spiro atoms. The zero-order chi connectivity index (χ0) is 20.6. The maximum absolute atomic E-state index is 12.6. The summed E-state index contributed by atoms with van der Waals surface area (Å²) in [4.78, 5) is 24.9. The van der Waals surface area contributed by atoms with E-state index in [0.717, 1.165) is 37.5 Å². The summed E-state index contributed by atoms with van der Waals surface area (Å²) in [6, 6.07) is 8.14. The van der Waals surface area contributed by atoms with Gasteiger partial charge in [-0.25, -0.2) is 4.79 Å². The van der Waals surface area contributed by atoms with Gasteiger partial charge in [0.05, 0.1) is 0 Å². The van der Waals surface area contributed by atoms with Crippen LogP contribution in [-0.2, 0) is 24.2 Å². The number of para-hydroxylation sites is 1. The predicted molar refractivity (Wildman–Crippen MR) is 112 cm³/mol. The van der Waals surface area contributed by atoms with Crippen LogP contribution in [0.2, 0.25) is 0 Å². The minimum Gasteiger partial charge on any atom is -0.354 e. The van der Waals surface area contributed by atoms with Crippen LogP contribution >= 0.6 is 0 Å². The van der Waals surface area contributed by atoms with Gasteiger partial charge in [0.25, 0.3) is 0 Å². The number of benzene rings is 1. The van der Waals surface area contributed by atoms with Crippen molar-refractivity contribution in [3.8, 4) is 0 Å². The highest BCUT2D eigenvalue weighted by Gasteiger charge is 2.24. The van der Waals surface area contributed by atoms with Crippen molar-refractivity contribution in [2.24, 2.45) is 5.92 Å². The SMILES string of the molecule is CC(C)C(NC(=O)Nc1ccccc1)C(=O)NCCc1nnc2n1CCCCC2. The first kappa shape index (κ1) is 20.8. The third-order valence-corrected chi connectivity index (χ3v) is 5.10. The van der Waals surface area contributed by atoms with Crippen LogP contribution in [0.5, 0.6) is 0 Å². The molecule has 3 amide bonds. The fraction of sp³-hybridized carbons (Fsp3) is 0.524. The van der Waals surface area contributed by atoms with Crippen LogP contribution in [0.4, 0.5) is 10.5 Å². The zero-order valence-electron chi connectivity index (χ0n) is 17.1. The van der Waals surface area contributed by atoms with Gasteiger partial charge in [-0.05, 0) is 30.9 Å². The molecule has 1 atom stereocenters. The predicted octanol–water partition coefficient (Wildman–Crippen LogP) is 2.51. The lowest BCUT2D eigenvalue weighted by molar-refractivity contribution is -0.123. The summed E-state index contributed by atoms with van der Waals surface area (Å²) >= 11 is 0. The van der Waals surface area contributed by atoms with Gasteiger partial charge in [-0.15, -0.1) is 10.2 Å². The number of amides is 3. The standard InChI is InChI=1S/C21H30N6O2/c1-15(2)19(24-21(29)23-16-9-5-3-6-10-16)20(28)22-13-12-18-26-25-17-11-7-4-8-14-27(17)18/h3,5-6,9-10,15,19H,4,7-8,11-14H2,1-2H3,(H,22,28)(H2,23,24,29). The van der Waals surface area contributed by atoms with Gasteiger partial charge in [0.15, 0.2) is 0 Å². The number of hydrogen-bond acceptors (Lipinski definition) is 4. The van der Waals surface area contributed by atoms with E-state index in [4.69, 9.17) is 0 Å². The Hall–Kier alpha value is -2.90. The van der Waals surface area contributed by atoms with Crippen LogP contribution in [-0.4, -0.2) is 39.3 Å². The molecule has 29 heavy (non-hydrogen) atoms. The number of carbonyl (C=O) groups excluding carboxylic acids is 2. The van der Waals surface area contributed by atoms with E-state index in [0.29, 0.717) is 18.7 Å². The number of nitrogens with one attached hydrogen (secondary N) is 3. The molecule has 0 radical (unpaired) electrons. The van der Waals surface area contributed by atoms with E-state index in [-0.39, 0.29) is 11.8 Å². The summed E-state index contributed by atoms with van der Waals surface area (Å²) in [6.07, 6.45) is 5.10. The van der Waals surface area contributed by atoms with Crippen molar-refractivity contribution in [1.82, 2.24) is 25.4 Å². The molecule has 1 aliphatic rings. The number of nitrogens with zero attached hydrogens (tertiary/aromatic N) is 3. The highest BCUT2D eigenvalue weighted by molar-refractivity contribution is 5.93. The number of urea groups is 1. The summed E-state index contributed by atoms with van der Waals surface area (Å²) in [5.41, 5.74) is 0.681. The van der Waals surface area contributed by atoms with Gasteiger partial charge in [-0.2, -0.15) is 0 Å². The normalized spacial score (nSPS) is 14.6. The van der Waals surface area contributed by atoms with E-state index in [1.807, 2.05) is 32.0 Å². The second kappa shape index (κ2) is 10.0. The molecular weight excluding hydrogens is 368 g/mol. The van der Waals surface area contributed by atoms with Crippen molar-refractivity contribution in [2.75, 3.05) is 11.9 Å². The van der Waals surface area contributed by atoms with Crippen LogP contribution < -0.4 is 16.0 Å². The van der Waals surface area contributed by atoms with Crippen LogP contribution in [0, 0.1) is 5.92 Å². The number of carbonyl (C=O) groups is 2. The maximum Gasteiger partial charge on any atom is 0.319 e. The van der Waals surface area contributed by atoms with Gasteiger partial charge in [0.2, 0.25) is 5.91 Å². The van der Waals surface area contributed by atoms with Crippen LogP contribution in [0.3, 0.4) is 0 Å². The Morgan fingerprint density at radius 2 is 1.90 bits per heavy atom. The Balaban J connectivity index is 1.51. The quantitative estimate of drug-likeness (QED) is 0.667. The van der Waals surface area contributed by atoms with Crippen LogP contribution in [0.15, 0.2) is 30.3 Å². The smallest absolute Gasteiger partial charge is 0.319 e. The third kappa shape index (κ3) is 5.79. The van der Waals surface area contributed by atoms with E-state index >= 15 is 0 Å². The Kier molecular flexibility index (Phi) is 7.21. The average molecular weight is 399 g/mol. The molecule has 0 saturated heterocycles. The summed E-state index contributed by atoms with van der Waals surface area (Å²) in [7, 11) is 0. The molecule has 0 bridgehead atoms. The minimum absolute atomic E-state index is 0.0408. The lowest BCUT2D eigenvalue weighted by atomic mass is 10.0. The van der Waals surface area contributed by atoms with Crippen molar-refractivity contribution in [3.05, 3.63) is 42.0 Å². The van der Waals surface area contributed by atoms with Gasteiger partial charge in [-0.1, -0.05) is 38.5 Å². The van der Waals surface area contributed by atoms with Crippen LogP contribution in [0.25, 0.3) is 0 Å². The topological polar surface area (TPSA) is 101 Å². The minimum atomic E-state index is -0.616. The van der Waals surface area contributed by atoms with Gasteiger partial charge in [-0.3, -0.25) is 4.79 Å². The lowest BCUT2D eigenvalue weighted by Gasteiger charge is -2.22. The molecule has 0 fully saturated rings. The molecule has 8 heteroatoms. The summed E-state index contributed by atoms with van der Waals surface area (Å²) in [5, 5.41) is 17.0. The number of aryl methyl sites for hydroxylation is 1. The molecule has 0 saturated carbocycles. The van der Waals surface area contributed by atoms with Crippen molar-refractivity contribution in [2.45, 2.75) is 58.5 Å². The molecule has 1 aromatic heterocycles. The first-order valence-corrected chi connectivity index (χ1v) is 10.4. The number of anilines is 1. The highest BCUT2D eigenvalue weighted by atomic mass is 16.2. The summed E-state index contributed by atoms with van der Waals surface area (Å²) < 4.78 is 2.19. The number of rotatable bonds is 7. The second-order valence-electron chi connectivity index (χ2n) is 7.72. The Bertz CT molecular complexity index is 818. The third-order valence-electron chi connectivity index (χ3n) is 5.10. The van der Waals surface area contributed by atoms with Crippen molar-refractivity contribution >= 4 is 17.6 Å². The molecule has 1 aromatic carbocycles. The summed E-state index contributed by atoms with van der Waals surface area (Å²) in [5.74, 6) is 1.72. The highest BCUT2D eigenvalue weighted by Crippen LogP contribution is 2.14. The molecule has 3 rings (SSSR count). The van der Waals surface area contributed by atoms with Crippen molar-refractivity contribution in [1.29, 1.82) is 0 Å². The largest absolute Gasteiger partial charge is 0.354 e. The molecule has 1 unspecified atom stereocenters. The molecule has 8 nitrogen and oxygen atoms in total. The van der Waals surface area contributed by atoms with Crippen LogP contribution in [0.1, 0.15) is 44.8 Å². The number of aromatic nitrogens is 3. The zero-order valence-corrected chi connectivity index (χ0v) is 17.1. The van der Waals surface area contributed by atoms with Gasteiger partial charge in [0, 0.05) is 31.6 Å². The number of hydrogen-bond donors (Lipinski definition) is 3. The van der Waals surface area contributed by atoms with Gasteiger partial charge in [0.1, 0.15) is 17.7 Å². The molecule has 2 heterocycles. The lowest BCUT2D eigenvalue weighted by Crippen LogP contribution is -2.51. The fourth-order valence-electron chi connectivity index (χ4n) is 3.50. The monoisotopic (exact) mass is 398 g/mol. The Morgan fingerprint density at radius 3 is 2.66 bits per heavy atom. The number of fused-ring (bicyclic) bond motifs is 1. The fourth-order valence-corrected chi connectivity index (χ4v) is 3.50. The van der Waals surface area contributed by atoms with Crippen molar-refractivity contribution < 1.29 is 9.59 Å². The van der Waals surface area contributed by atoms with Gasteiger partial charge >= 0.3 is 6.03 Å². The first-order chi connectivity index (χ1) is 14.0. The van der Waals surface area contributed by atoms with E-state index in [9.17, 15) is 9.59 Å². The Morgan fingerprint density at radius 1 is 1.10 bits per heavy atom. The molecule has 0 aliphatic carbocycles. The molecule has 2 aromatic rings. The Labute approximate surface area is 171 Å². The average Bonchev–Trinajstić information content (AvgIpc) is 2.93. The molecule has 1 aliphatic heterocycles. The second-order valence-corrected chi connectivity index (χ2v) is 7.72. The molecule has 156 valence electrons. The van der Waals surface area contributed by atoms with E-state index in [1.54, 1.807) is 12.1 Å². The maximum atomic E-state index is 12.6.